The molecule has 7 nitrogen and oxygen atoms in total. The lowest BCUT2D eigenvalue weighted by atomic mass is 10.1. The van der Waals surface area contributed by atoms with Crippen LogP contribution in [0.4, 0.5) is 0 Å². The standard InChI is InChI=1S/C21H25N3O4/c1-4-5-15-6-7-18(19(12-15)27-3)28-13-20(25)24-10-8-16-17(9-11-24)22-14(2)23-21(16)26/h4,6-7,12H,1,5,8-11,13H2,2-3H3,(H,22,23,26). The molecule has 1 aliphatic rings. The zero-order chi connectivity index (χ0) is 20.1. The van der Waals surface area contributed by atoms with E-state index in [-0.39, 0.29) is 18.1 Å². The molecule has 148 valence electrons. The summed E-state index contributed by atoms with van der Waals surface area (Å²) in [6, 6.07) is 5.60. The maximum absolute atomic E-state index is 12.6. The molecular formula is C21H25N3O4. The first-order valence-electron chi connectivity index (χ1n) is 9.29. The molecule has 0 saturated heterocycles. The number of carbonyl (C=O) groups excluding carboxylic acids is 1. The summed E-state index contributed by atoms with van der Waals surface area (Å²) in [5, 5.41) is 0. The van der Waals surface area contributed by atoms with Gasteiger partial charge in [0.05, 0.1) is 12.8 Å². The maximum atomic E-state index is 12.6. The Morgan fingerprint density at radius 3 is 2.86 bits per heavy atom. The van der Waals surface area contributed by atoms with Gasteiger partial charge in [0.2, 0.25) is 0 Å². The molecule has 1 amide bonds. The number of fused-ring (bicyclic) bond motifs is 1. The zero-order valence-electron chi connectivity index (χ0n) is 16.3. The van der Waals surface area contributed by atoms with Crippen molar-refractivity contribution in [2.75, 3.05) is 26.8 Å². The molecule has 1 N–H and O–H groups in total. The van der Waals surface area contributed by atoms with E-state index in [1.54, 1.807) is 25.0 Å². The first-order valence-corrected chi connectivity index (χ1v) is 9.29. The van der Waals surface area contributed by atoms with Gasteiger partial charge in [0.15, 0.2) is 18.1 Å². The topological polar surface area (TPSA) is 84.5 Å². The molecule has 3 rings (SSSR count). The fourth-order valence-electron chi connectivity index (χ4n) is 3.34. The molecule has 0 bridgehead atoms. The maximum Gasteiger partial charge on any atom is 0.260 e. The van der Waals surface area contributed by atoms with Crippen LogP contribution in [0.25, 0.3) is 0 Å². The summed E-state index contributed by atoms with van der Waals surface area (Å²) in [7, 11) is 1.57. The summed E-state index contributed by atoms with van der Waals surface area (Å²) >= 11 is 0. The summed E-state index contributed by atoms with van der Waals surface area (Å²) in [5.41, 5.74) is 2.39. The minimum absolute atomic E-state index is 0.0870. The Kier molecular flexibility index (Phi) is 6.13. The fraction of sp³-hybridized carbons (Fsp3) is 0.381. The van der Waals surface area contributed by atoms with Gasteiger partial charge >= 0.3 is 0 Å². The van der Waals surface area contributed by atoms with Crippen molar-refractivity contribution in [3.8, 4) is 11.5 Å². The first-order chi connectivity index (χ1) is 13.5. The second kappa shape index (κ2) is 8.73. The van der Waals surface area contributed by atoms with Crippen LogP contribution >= 0.6 is 0 Å². The van der Waals surface area contributed by atoms with Crippen LogP contribution < -0.4 is 15.0 Å². The molecule has 0 radical (unpaired) electrons. The van der Waals surface area contributed by atoms with Crippen LogP contribution in [0.2, 0.25) is 0 Å². The fourth-order valence-corrected chi connectivity index (χ4v) is 3.34. The molecule has 0 saturated carbocycles. The van der Waals surface area contributed by atoms with E-state index < -0.39 is 0 Å². The molecule has 7 heteroatoms. The number of ether oxygens (including phenoxy) is 2. The quantitative estimate of drug-likeness (QED) is 0.769. The van der Waals surface area contributed by atoms with Crippen LogP contribution in [0.5, 0.6) is 11.5 Å². The second-order valence-corrected chi connectivity index (χ2v) is 6.72. The predicted molar refractivity (Wildman–Crippen MR) is 106 cm³/mol. The van der Waals surface area contributed by atoms with Gasteiger partial charge in [-0.05, 0) is 37.5 Å². The number of amides is 1. The van der Waals surface area contributed by atoms with Crippen LogP contribution in [0, 0.1) is 6.92 Å². The summed E-state index contributed by atoms with van der Waals surface area (Å²) in [4.78, 5) is 33.6. The third-order valence-corrected chi connectivity index (χ3v) is 4.78. The number of benzene rings is 1. The zero-order valence-corrected chi connectivity index (χ0v) is 16.3. The van der Waals surface area contributed by atoms with Crippen molar-refractivity contribution in [1.82, 2.24) is 14.9 Å². The van der Waals surface area contributed by atoms with E-state index in [0.717, 1.165) is 17.7 Å². The van der Waals surface area contributed by atoms with Crippen LogP contribution in [-0.2, 0) is 24.1 Å². The molecule has 28 heavy (non-hydrogen) atoms. The molecule has 2 aromatic rings. The lowest BCUT2D eigenvalue weighted by Crippen LogP contribution is -2.37. The number of methoxy groups -OCH3 is 1. The Balaban J connectivity index is 1.64. The van der Waals surface area contributed by atoms with Gasteiger partial charge in [0.25, 0.3) is 11.5 Å². The normalized spacial score (nSPS) is 13.4. The van der Waals surface area contributed by atoms with E-state index in [1.807, 2.05) is 18.2 Å². The van der Waals surface area contributed by atoms with E-state index in [0.29, 0.717) is 48.8 Å². The second-order valence-electron chi connectivity index (χ2n) is 6.72. The van der Waals surface area contributed by atoms with E-state index in [9.17, 15) is 9.59 Å². The number of allylic oxidation sites excluding steroid dienone is 1. The first kappa shape index (κ1) is 19.7. The van der Waals surface area contributed by atoms with Crippen molar-refractivity contribution in [2.45, 2.75) is 26.2 Å². The highest BCUT2D eigenvalue weighted by atomic mass is 16.5. The Morgan fingerprint density at radius 2 is 2.11 bits per heavy atom. The molecule has 0 atom stereocenters. The third-order valence-electron chi connectivity index (χ3n) is 4.78. The number of carbonyl (C=O) groups is 1. The van der Waals surface area contributed by atoms with Gasteiger partial charge < -0.3 is 19.4 Å². The van der Waals surface area contributed by atoms with Crippen LogP contribution in [0.15, 0.2) is 35.6 Å². The lowest BCUT2D eigenvalue weighted by molar-refractivity contribution is -0.133. The number of nitrogens with zero attached hydrogens (tertiary/aromatic N) is 2. The Labute approximate surface area is 164 Å². The summed E-state index contributed by atoms with van der Waals surface area (Å²) in [5.74, 6) is 1.58. The number of aryl methyl sites for hydroxylation is 1. The molecule has 0 fully saturated rings. The highest BCUT2D eigenvalue weighted by Crippen LogP contribution is 2.28. The van der Waals surface area contributed by atoms with Gasteiger partial charge in [0.1, 0.15) is 5.82 Å². The summed E-state index contributed by atoms with van der Waals surface area (Å²) < 4.78 is 11.1. The molecule has 1 aliphatic heterocycles. The van der Waals surface area contributed by atoms with E-state index in [4.69, 9.17) is 9.47 Å². The van der Waals surface area contributed by atoms with E-state index in [1.165, 1.54) is 0 Å². The number of nitrogens with one attached hydrogen (secondary N) is 1. The molecule has 0 aliphatic carbocycles. The molecular weight excluding hydrogens is 358 g/mol. The van der Waals surface area contributed by atoms with Gasteiger partial charge in [-0.15, -0.1) is 6.58 Å². The van der Waals surface area contributed by atoms with Crippen molar-refractivity contribution < 1.29 is 14.3 Å². The van der Waals surface area contributed by atoms with Gasteiger partial charge in [-0.2, -0.15) is 0 Å². The van der Waals surface area contributed by atoms with Crippen LogP contribution in [0.1, 0.15) is 22.6 Å². The molecule has 1 aromatic carbocycles. The largest absolute Gasteiger partial charge is 0.493 e. The smallest absolute Gasteiger partial charge is 0.260 e. The van der Waals surface area contributed by atoms with Gasteiger partial charge in [-0.1, -0.05) is 12.1 Å². The van der Waals surface area contributed by atoms with Crippen molar-refractivity contribution in [3.05, 3.63) is 63.9 Å². The Bertz CT molecular complexity index is 936. The van der Waals surface area contributed by atoms with E-state index in [2.05, 4.69) is 16.5 Å². The predicted octanol–water partition coefficient (Wildman–Crippen LogP) is 1.82. The lowest BCUT2D eigenvalue weighted by Gasteiger charge is -2.20. The van der Waals surface area contributed by atoms with Gasteiger partial charge in [-0.25, -0.2) is 4.98 Å². The molecule has 2 heterocycles. The Hall–Kier alpha value is -3.09. The average Bonchev–Trinajstić information content (AvgIpc) is 2.89. The average molecular weight is 383 g/mol. The molecule has 0 spiro atoms. The summed E-state index contributed by atoms with van der Waals surface area (Å²) in [6.45, 7) is 6.39. The summed E-state index contributed by atoms with van der Waals surface area (Å²) in [6.07, 6.45) is 3.60. The van der Waals surface area contributed by atoms with Crippen LogP contribution in [0.3, 0.4) is 0 Å². The van der Waals surface area contributed by atoms with Crippen molar-refractivity contribution in [2.24, 2.45) is 0 Å². The SMILES string of the molecule is C=CCc1ccc(OCC(=O)N2CCc3nc(C)[nH]c(=O)c3CC2)c(OC)c1. The number of rotatable bonds is 6. The van der Waals surface area contributed by atoms with Crippen molar-refractivity contribution >= 4 is 5.91 Å². The number of hydrogen-bond donors (Lipinski definition) is 1. The van der Waals surface area contributed by atoms with Crippen molar-refractivity contribution in [3.63, 3.8) is 0 Å². The number of aromatic nitrogens is 2. The number of aromatic amines is 1. The van der Waals surface area contributed by atoms with E-state index >= 15 is 0 Å². The van der Waals surface area contributed by atoms with Gasteiger partial charge in [-0.3, -0.25) is 9.59 Å². The minimum Gasteiger partial charge on any atom is -0.493 e. The number of hydrogen-bond acceptors (Lipinski definition) is 5. The number of H-pyrrole nitrogens is 1. The van der Waals surface area contributed by atoms with Gasteiger partial charge in [0, 0.05) is 25.1 Å². The Morgan fingerprint density at radius 1 is 1.32 bits per heavy atom. The third kappa shape index (κ3) is 4.42. The van der Waals surface area contributed by atoms with Crippen molar-refractivity contribution in [1.29, 1.82) is 0 Å². The minimum atomic E-state index is -0.127. The monoisotopic (exact) mass is 383 g/mol. The highest BCUT2D eigenvalue weighted by molar-refractivity contribution is 5.78. The highest BCUT2D eigenvalue weighted by Gasteiger charge is 2.22. The molecule has 0 unspecified atom stereocenters. The van der Waals surface area contributed by atoms with Crippen LogP contribution in [-0.4, -0.2) is 47.6 Å². The molecule has 1 aromatic heterocycles.